The smallest absolute Gasteiger partial charge is 0.0251 e. The van der Waals surface area contributed by atoms with Crippen molar-refractivity contribution >= 4 is 84.6 Å². The molecule has 0 aromatic heterocycles. The van der Waals surface area contributed by atoms with Crippen molar-refractivity contribution < 1.29 is 0 Å². The fourth-order valence-corrected chi connectivity index (χ4v) is 45.2. The fraction of sp³-hybridized carbons (Fsp3) is 0. The van der Waals surface area contributed by atoms with Crippen LogP contribution in [0.1, 0.15) is 0 Å². The lowest BCUT2D eigenvalue weighted by Crippen LogP contribution is -1.30. The van der Waals surface area contributed by atoms with Gasteiger partial charge in [-0.05, 0) is 36.0 Å². The van der Waals surface area contributed by atoms with E-state index in [1.165, 1.54) is 0 Å². The van der Waals surface area contributed by atoms with Crippen LogP contribution in [0.4, 0.5) is 0 Å². The zero-order chi connectivity index (χ0) is 7.44. The molecule has 7 unspecified atom stereocenters. The Bertz CT molecular complexity index is 69.0. The SMILES string of the molecule is PPP(P)P(I)P(P)P. The van der Waals surface area contributed by atoms with Gasteiger partial charge in [-0.3, -0.25) is 0 Å². The Morgan fingerprint density at radius 3 is 1.78 bits per heavy atom. The van der Waals surface area contributed by atoms with E-state index in [2.05, 4.69) is 57.8 Å². The van der Waals surface area contributed by atoms with Crippen molar-refractivity contribution in [2.75, 3.05) is 0 Å². The van der Waals surface area contributed by atoms with Gasteiger partial charge in [-0.2, -0.15) is 0 Å². The first-order valence-electron chi connectivity index (χ1n) is 1.86. The summed E-state index contributed by atoms with van der Waals surface area (Å²) >= 11 is 2.61. The van der Waals surface area contributed by atoms with Gasteiger partial charge in [0, 0.05) is 4.94 Å². The van der Waals surface area contributed by atoms with Gasteiger partial charge in [0.05, 0.1) is 0 Å². The highest BCUT2D eigenvalue weighted by atomic mass is 127. The molecule has 0 aliphatic carbocycles. The Kier molecular flexibility index (Phi) is 11.1. The van der Waals surface area contributed by atoms with Crippen LogP contribution < -0.4 is 0 Å². The zero-order valence-corrected chi connectivity index (χ0v) is 15.0. The van der Waals surface area contributed by atoms with Crippen molar-refractivity contribution in [3.63, 3.8) is 0 Å². The minimum absolute atomic E-state index is 0.179. The maximum atomic E-state index is 2.99. The van der Waals surface area contributed by atoms with Crippen molar-refractivity contribution in [1.82, 2.24) is 0 Å². The molecule has 9 heteroatoms. The lowest BCUT2D eigenvalue weighted by molar-refractivity contribution is 4.85. The van der Waals surface area contributed by atoms with Crippen LogP contribution in [-0.2, 0) is 0 Å². The highest BCUT2D eigenvalue weighted by Gasteiger charge is 2.14. The molecule has 0 rings (SSSR count). The normalized spacial score (nSPS) is 19.3. The summed E-state index contributed by atoms with van der Waals surface area (Å²) in [4.78, 5) is 0.279. The molecule has 0 saturated heterocycles. The molecule has 0 N–H and O–H groups in total. The number of hydrogen-bond donors (Lipinski definition) is 0. The molecule has 0 amide bonds. The summed E-state index contributed by atoms with van der Waals surface area (Å²) in [5.74, 6) is 0. The highest BCUT2D eigenvalue weighted by Crippen LogP contribution is 3.03. The molecule has 7 atom stereocenters. The Hall–Kier alpha value is 4.17. The third-order valence-corrected chi connectivity index (χ3v) is 57.4. The Morgan fingerprint density at radius 1 is 1.22 bits per heavy atom. The predicted molar refractivity (Wildman–Crippen MR) is 81.9 cm³/mol. The van der Waals surface area contributed by atoms with Crippen LogP contribution in [0, 0.1) is 0 Å². The van der Waals surface area contributed by atoms with Gasteiger partial charge in [0.15, 0.2) is 0 Å². The largest absolute Gasteiger partial charge is 0.109 e. The molecule has 0 aromatic carbocycles. The lowest BCUT2D eigenvalue weighted by atomic mass is 28.9. The van der Waals surface area contributed by atoms with E-state index in [9.17, 15) is 0 Å². The second kappa shape index (κ2) is 7.56. The summed E-state index contributed by atoms with van der Waals surface area (Å²) < 4.78 is 0. The van der Waals surface area contributed by atoms with Crippen molar-refractivity contribution in [3.05, 3.63) is 0 Å². The molecular formula is H9IP8. The van der Waals surface area contributed by atoms with Gasteiger partial charge >= 0.3 is 0 Å². The van der Waals surface area contributed by atoms with Crippen molar-refractivity contribution in [2.24, 2.45) is 0 Å². The van der Waals surface area contributed by atoms with Gasteiger partial charge in [0.2, 0.25) is 0 Å². The summed E-state index contributed by atoms with van der Waals surface area (Å²) in [5, 5.41) is 0. The third kappa shape index (κ3) is 6.27. The third-order valence-electron chi connectivity index (χ3n) is 0.501. The van der Waals surface area contributed by atoms with Gasteiger partial charge in [0.25, 0.3) is 0 Å². The molecule has 0 fully saturated rings. The van der Waals surface area contributed by atoms with E-state index >= 15 is 0 Å². The summed E-state index contributed by atoms with van der Waals surface area (Å²) in [6.07, 6.45) is 0. The Labute approximate surface area is 84.0 Å². The topological polar surface area (TPSA) is 0 Å². The van der Waals surface area contributed by atoms with Crippen molar-refractivity contribution in [1.29, 1.82) is 0 Å². The van der Waals surface area contributed by atoms with E-state index in [-0.39, 0.29) is 18.9 Å². The van der Waals surface area contributed by atoms with Crippen LogP contribution >= 0.6 is 84.6 Å². The molecule has 9 heavy (non-hydrogen) atoms. The van der Waals surface area contributed by atoms with Crippen LogP contribution in [0.2, 0.25) is 0 Å². The molecule has 0 spiro atoms. The molecule has 0 aliphatic rings. The van der Waals surface area contributed by atoms with E-state index in [4.69, 9.17) is 0 Å². The van der Waals surface area contributed by atoms with Crippen molar-refractivity contribution in [3.8, 4) is 0 Å². The van der Waals surface area contributed by atoms with Crippen LogP contribution in [0.15, 0.2) is 0 Å². The van der Waals surface area contributed by atoms with Gasteiger partial charge in [-0.1, -0.05) is 7.96 Å². The van der Waals surface area contributed by atoms with Crippen LogP contribution in [0.25, 0.3) is 0 Å². The molecule has 0 heterocycles. The minimum atomic E-state index is 0.179. The van der Waals surface area contributed by atoms with Gasteiger partial charge in [-0.15, -0.1) is 35.7 Å². The molecular weight excluding hydrogens is 375 g/mol. The molecule has 0 saturated carbocycles. The molecule has 0 aliphatic heterocycles. The Morgan fingerprint density at radius 2 is 1.67 bits per heavy atom. The second-order valence-corrected chi connectivity index (χ2v) is 34.6. The number of rotatable bonds is 3. The average molecular weight is 384 g/mol. The van der Waals surface area contributed by atoms with Gasteiger partial charge in [0.1, 0.15) is 0 Å². The van der Waals surface area contributed by atoms with Gasteiger partial charge < -0.3 is 0 Å². The maximum absolute atomic E-state index is 2.99. The standard InChI is InChI=1S/H9IP8/c1-7(8(3)4)9(5)6-2/h6H,2-5H2. The van der Waals surface area contributed by atoms with E-state index in [1.807, 2.05) is 0 Å². The lowest BCUT2D eigenvalue weighted by Gasteiger charge is -2.19. The number of hydrogen-bond acceptors (Lipinski definition) is 0. The van der Waals surface area contributed by atoms with Crippen LogP contribution in [0.3, 0.4) is 0 Å². The van der Waals surface area contributed by atoms with E-state index < -0.39 is 0 Å². The predicted octanol–water partition coefficient (Wildman–Crippen LogP) is 5.37. The van der Waals surface area contributed by atoms with Gasteiger partial charge in [-0.25, -0.2) is 0 Å². The monoisotopic (exact) mass is 384 g/mol. The fourth-order valence-electron chi connectivity index (χ4n) is 0.159. The first kappa shape index (κ1) is 13.2. The first-order valence-corrected chi connectivity index (χ1v) is 18.6. The first-order chi connectivity index (χ1) is 4.09. The van der Waals surface area contributed by atoms with E-state index in [0.29, 0.717) is 0 Å². The summed E-state index contributed by atoms with van der Waals surface area (Å²) in [7, 11) is 12.7. The summed E-state index contributed by atoms with van der Waals surface area (Å²) in [6, 6.07) is 0. The van der Waals surface area contributed by atoms with Crippen LogP contribution in [0.5, 0.6) is 0 Å². The molecule has 0 radical (unpaired) electrons. The summed E-state index contributed by atoms with van der Waals surface area (Å²) in [5.41, 5.74) is 0. The van der Waals surface area contributed by atoms with Crippen molar-refractivity contribution in [2.45, 2.75) is 0 Å². The molecule has 0 aromatic rings. The highest BCUT2D eigenvalue weighted by molar-refractivity contribution is 14.2. The summed E-state index contributed by atoms with van der Waals surface area (Å²) in [6.45, 7) is 0.446. The second-order valence-electron chi connectivity index (χ2n) is 1.09. The minimum Gasteiger partial charge on any atom is -0.109 e. The zero-order valence-electron chi connectivity index (χ0n) is 4.53. The maximum Gasteiger partial charge on any atom is 0.0251 e. The average Bonchev–Trinajstić information content (AvgIpc) is 1.84. The van der Waals surface area contributed by atoms with Crippen LogP contribution in [-0.4, -0.2) is 0 Å². The molecule has 0 bridgehead atoms. The number of halogens is 1. The quantitative estimate of drug-likeness (QED) is 0.454. The van der Waals surface area contributed by atoms with E-state index in [0.717, 1.165) is 7.96 Å². The molecule has 0 nitrogen and oxygen atoms in total. The molecule has 56 valence electrons. The van der Waals surface area contributed by atoms with E-state index in [1.54, 1.807) is 0 Å². The Balaban J connectivity index is 3.58.